The number of esters is 1. The summed E-state index contributed by atoms with van der Waals surface area (Å²) in [6, 6.07) is -1.80. The first-order valence-electron chi connectivity index (χ1n) is 6.64. The molecule has 1 fully saturated rings. The summed E-state index contributed by atoms with van der Waals surface area (Å²) in [5.74, 6) is -1.75. The van der Waals surface area contributed by atoms with E-state index < -0.39 is 46.7 Å². The van der Waals surface area contributed by atoms with Gasteiger partial charge in [-0.2, -0.15) is 0 Å². The second kappa shape index (κ2) is 7.25. The molecule has 0 saturated carbocycles. The molecule has 0 aliphatic carbocycles. The minimum absolute atomic E-state index is 0.165. The summed E-state index contributed by atoms with van der Waals surface area (Å²) >= 11 is 0. The molecule has 0 unspecified atom stereocenters. The lowest BCUT2D eigenvalue weighted by molar-refractivity contribution is -0.146. The van der Waals surface area contributed by atoms with Crippen LogP contribution in [0.25, 0.3) is 0 Å². The van der Waals surface area contributed by atoms with Gasteiger partial charge in [-0.1, -0.05) is 0 Å². The molecular formula is C12H22N2O7S. The normalized spacial score (nSPS) is 25.4. The Hall–Kier alpha value is -1.39. The van der Waals surface area contributed by atoms with Gasteiger partial charge < -0.3 is 14.6 Å². The zero-order valence-electron chi connectivity index (χ0n) is 13.1. The molecular weight excluding hydrogens is 316 g/mol. The number of hydrogen-bond donors (Lipinski definition) is 1. The Morgan fingerprint density at radius 2 is 1.86 bits per heavy atom. The summed E-state index contributed by atoms with van der Waals surface area (Å²) in [5, 5.41) is 9.42. The lowest BCUT2D eigenvalue weighted by Crippen LogP contribution is -2.49. The average molecular weight is 338 g/mol. The summed E-state index contributed by atoms with van der Waals surface area (Å²) in [5.41, 5.74) is 0. The highest BCUT2D eigenvalue weighted by Gasteiger charge is 2.50. The fourth-order valence-corrected chi connectivity index (χ4v) is 3.74. The molecule has 0 aromatic heterocycles. The number of carbonyl (C=O) groups excluding carboxylic acids is 2. The summed E-state index contributed by atoms with van der Waals surface area (Å²) in [7, 11) is 1.50. The molecule has 1 N–H and O–H groups in total. The van der Waals surface area contributed by atoms with E-state index in [0.29, 0.717) is 0 Å². The van der Waals surface area contributed by atoms with Gasteiger partial charge in [-0.15, -0.1) is 0 Å². The molecule has 1 amide bonds. The van der Waals surface area contributed by atoms with E-state index in [1.54, 1.807) is 0 Å². The molecule has 1 saturated heterocycles. The number of aliphatic hydroxyl groups excluding tert-OH is 1. The molecule has 1 heterocycles. The van der Waals surface area contributed by atoms with E-state index in [2.05, 4.69) is 9.47 Å². The Kier molecular flexibility index (Phi) is 6.15. The molecule has 22 heavy (non-hydrogen) atoms. The topological polar surface area (TPSA) is 113 Å². The Morgan fingerprint density at radius 1 is 1.27 bits per heavy atom. The molecule has 0 aromatic carbocycles. The van der Waals surface area contributed by atoms with Crippen LogP contribution < -0.4 is 0 Å². The van der Waals surface area contributed by atoms with Crippen molar-refractivity contribution in [1.82, 2.24) is 9.21 Å². The number of ether oxygens (including phenoxy) is 2. The summed E-state index contributed by atoms with van der Waals surface area (Å²) in [4.78, 5) is 25.0. The van der Waals surface area contributed by atoms with Gasteiger partial charge in [0.15, 0.2) is 0 Å². The molecule has 128 valence electrons. The van der Waals surface area contributed by atoms with E-state index in [4.69, 9.17) is 0 Å². The highest BCUT2D eigenvalue weighted by atomic mass is 32.2. The van der Waals surface area contributed by atoms with Crippen molar-refractivity contribution in [3.63, 3.8) is 0 Å². The van der Waals surface area contributed by atoms with Crippen molar-refractivity contribution in [2.75, 3.05) is 40.7 Å². The molecule has 0 radical (unpaired) electrons. The standard InChI is InChI=1S/C12H22N2O7S/c1-13(2)22(18,19)7-8-5-9(6-15)14(12(17)21-4)10(8)11(16)20-3/h8-10,15H,5-7H2,1-4H3/t8-,9+,10-/m1/s1. The van der Waals surface area contributed by atoms with Crippen LogP contribution in [0.2, 0.25) is 0 Å². The molecule has 10 heteroatoms. The van der Waals surface area contributed by atoms with Crippen LogP contribution in [0.4, 0.5) is 4.79 Å². The van der Waals surface area contributed by atoms with E-state index >= 15 is 0 Å². The number of carbonyl (C=O) groups is 2. The van der Waals surface area contributed by atoms with Gasteiger partial charge in [0.25, 0.3) is 0 Å². The zero-order chi connectivity index (χ0) is 17.1. The van der Waals surface area contributed by atoms with Crippen LogP contribution in [-0.4, -0.2) is 87.6 Å². The van der Waals surface area contributed by atoms with Crippen molar-refractivity contribution in [2.24, 2.45) is 5.92 Å². The SMILES string of the molecule is COC(=O)[C@H]1[C@@H](CS(=O)(=O)N(C)C)C[C@@H](CO)N1C(=O)OC. The van der Waals surface area contributed by atoms with E-state index in [1.807, 2.05) is 0 Å². The maximum Gasteiger partial charge on any atom is 0.410 e. The monoisotopic (exact) mass is 338 g/mol. The number of aliphatic hydroxyl groups is 1. The Labute approximate surface area is 129 Å². The molecule has 1 rings (SSSR count). The highest BCUT2D eigenvalue weighted by Crippen LogP contribution is 2.32. The van der Waals surface area contributed by atoms with E-state index in [1.165, 1.54) is 14.1 Å². The number of methoxy groups -OCH3 is 2. The molecule has 3 atom stereocenters. The average Bonchev–Trinajstić information content (AvgIpc) is 2.82. The molecule has 1 aliphatic rings. The van der Waals surface area contributed by atoms with Crippen molar-refractivity contribution in [2.45, 2.75) is 18.5 Å². The number of hydrogen-bond acceptors (Lipinski definition) is 7. The third kappa shape index (κ3) is 3.68. The van der Waals surface area contributed by atoms with Crippen LogP contribution in [0.1, 0.15) is 6.42 Å². The fraction of sp³-hybridized carbons (Fsp3) is 0.833. The third-order valence-electron chi connectivity index (χ3n) is 3.73. The second-order valence-electron chi connectivity index (χ2n) is 5.24. The largest absolute Gasteiger partial charge is 0.467 e. The van der Waals surface area contributed by atoms with Gasteiger partial charge in [-0.05, 0) is 6.42 Å². The number of nitrogens with zero attached hydrogens (tertiary/aromatic N) is 2. The quantitative estimate of drug-likeness (QED) is 0.631. The van der Waals surface area contributed by atoms with Crippen molar-refractivity contribution in [3.8, 4) is 0 Å². The van der Waals surface area contributed by atoms with Crippen molar-refractivity contribution in [3.05, 3.63) is 0 Å². The fourth-order valence-electron chi connectivity index (χ4n) is 2.58. The van der Waals surface area contributed by atoms with Gasteiger partial charge in [0.2, 0.25) is 10.0 Å². The second-order valence-corrected chi connectivity index (χ2v) is 7.47. The van der Waals surface area contributed by atoms with Crippen molar-refractivity contribution < 1.29 is 32.6 Å². The first-order valence-corrected chi connectivity index (χ1v) is 8.25. The van der Waals surface area contributed by atoms with Crippen molar-refractivity contribution in [1.29, 1.82) is 0 Å². The molecule has 0 bridgehead atoms. The van der Waals surface area contributed by atoms with Gasteiger partial charge >= 0.3 is 12.1 Å². The predicted molar refractivity (Wildman–Crippen MR) is 76.5 cm³/mol. The number of rotatable bonds is 5. The Morgan fingerprint density at radius 3 is 2.27 bits per heavy atom. The highest BCUT2D eigenvalue weighted by molar-refractivity contribution is 7.89. The smallest absolute Gasteiger partial charge is 0.410 e. The minimum atomic E-state index is -3.58. The summed E-state index contributed by atoms with van der Waals surface area (Å²) < 4.78 is 34.5. The van der Waals surface area contributed by atoms with Gasteiger partial charge in [0.05, 0.1) is 32.6 Å². The molecule has 1 aliphatic heterocycles. The van der Waals surface area contributed by atoms with Crippen LogP contribution in [0.15, 0.2) is 0 Å². The summed E-state index contributed by atoms with van der Waals surface area (Å²) in [6.45, 7) is -0.402. The van der Waals surface area contributed by atoms with Gasteiger partial charge in [0.1, 0.15) is 6.04 Å². The molecule has 9 nitrogen and oxygen atoms in total. The van der Waals surface area contributed by atoms with Gasteiger partial charge in [0, 0.05) is 20.0 Å². The summed E-state index contributed by atoms with van der Waals surface area (Å²) in [6.07, 6.45) is -0.641. The number of likely N-dealkylation sites (tertiary alicyclic amines) is 1. The first-order chi connectivity index (χ1) is 10.2. The maximum absolute atomic E-state index is 12.1. The minimum Gasteiger partial charge on any atom is -0.467 e. The van der Waals surface area contributed by atoms with E-state index in [-0.39, 0.29) is 12.2 Å². The van der Waals surface area contributed by atoms with Crippen molar-refractivity contribution >= 4 is 22.1 Å². The van der Waals surface area contributed by atoms with Crippen LogP contribution in [0.5, 0.6) is 0 Å². The van der Waals surface area contributed by atoms with Crippen LogP contribution in [0.3, 0.4) is 0 Å². The lowest BCUT2D eigenvalue weighted by atomic mass is 10.0. The van der Waals surface area contributed by atoms with E-state index in [9.17, 15) is 23.1 Å². The lowest BCUT2D eigenvalue weighted by Gasteiger charge is -2.28. The third-order valence-corrected chi connectivity index (χ3v) is 5.70. The van der Waals surface area contributed by atoms with Gasteiger partial charge in [-0.3, -0.25) is 4.90 Å². The van der Waals surface area contributed by atoms with Crippen LogP contribution in [-0.2, 0) is 24.3 Å². The first kappa shape index (κ1) is 18.7. The molecule has 0 aromatic rings. The number of amides is 1. The van der Waals surface area contributed by atoms with Crippen LogP contribution in [0, 0.1) is 5.92 Å². The maximum atomic E-state index is 12.1. The Balaban J connectivity index is 3.16. The molecule has 0 spiro atoms. The van der Waals surface area contributed by atoms with E-state index in [0.717, 1.165) is 23.4 Å². The number of sulfonamides is 1. The van der Waals surface area contributed by atoms with Crippen LogP contribution >= 0.6 is 0 Å². The predicted octanol–water partition coefficient (Wildman–Crippen LogP) is -1.13. The zero-order valence-corrected chi connectivity index (χ0v) is 13.9. The van der Waals surface area contributed by atoms with Gasteiger partial charge in [-0.25, -0.2) is 22.3 Å². The Bertz CT molecular complexity index is 520.